The van der Waals surface area contributed by atoms with E-state index in [2.05, 4.69) is 4.90 Å². The molecule has 5 nitrogen and oxygen atoms in total. The van der Waals surface area contributed by atoms with Crippen molar-refractivity contribution in [3.05, 3.63) is 59.4 Å². The number of nitrogens with zero attached hydrogens (tertiary/aromatic N) is 2. The summed E-state index contributed by atoms with van der Waals surface area (Å²) in [5.41, 5.74) is 1.69. The van der Waals surface area contributed by atoms with Crippen LogP contribution in [0.25, 0.3) is 0 Å². The summed E-state index contributed by atoms with van der Waals surface area (Å²) in [6.45, 7) is 1.86. The number of methoxy groups -OCH3 is 2. The number of amides is 1. The number of rotatable bonds is 6. The first-order chi connectivity index (χ1) is 14.1. The third-order valence-electron chi connectivity index (χ3n) is 6.11. The van der Waals surface area contributed by atoms with Crippen LogP contribution in [0.15, 0.2) is 42.5 Å². The monoisotopic (exact) mass is 398 g/mol. The van der Waals surface area contributed by atoms with Crippen LogP contribution in [0.1, 0.15) is 42.5 Å². The molecular formula is C23H27FN2O3. The lowest BCUT2D eigenvalue weighted by Crippen LogP contribution is -2.48. The zero-order valence-electron chi connectivity index (χ0n) is 16.9. The fraction of sp³-hybridized carbons (Fsp3) is 0.435. The van der Waals surface area contributed by atoms with Gasteiger partial charge in [-0.3, -0.25) is 9.69 Å². The van der Waals surface area contributed by atoms with Gasteiger partial charge in [-0.05, 0) is 37.5 Å². The SMILES string of the molecule is COc1ccc(C2CCCN2C(=O)CN2CCC2c2ccccc2F)c(OC)c1. The van der Waals surface area contributed by atoms with Crippen molar-refractivity contribution in [1.29, 1.82) is 0 Å². The minimum absolute atomic E-state index is 0.00320. The van der Waals surface area contributed by atoms with Gasteiger partial charge in [0.25, 0.3) is 0 Å². The average Bonchev–Trinajstić information content (AvgIpc) is 3.22. The van der Waals surface area contributed by atoms with E-state index in [0.717, 1.165) is 49.4 Å². The molecule has 4 rings (SSSR count). The molecule has 0 bridgehead atoms. The van der Waals surface area contributed by atoms with E-state index in [1.165, 1.54) is 6.07 Å². The number of hydrogen-bond acceptors (Lipinski definition) is 4. The van der Waals surface area contributed by atoms with Crippen LogP contribution in [0.5, 0.6) is 11.5 Å². The number of benzene rings is 2. The highest BCUT2D eigenvalue weighted by molar-refractivity contribution is 5.79. The molecule has 2 atom stereocenters. The largest absolute Gasteiger partial charge is 0.497 e. The van der Waals surface area contributed by atoms with Crippen LogP contribution in [-0.4, -0.2) is 49.6 Å². The molecule has 1 amide bonds. The Bertz CT molecular complexity index is 888. The molecule has 2 aromatic carbocycles. The number of halogens is 1. The molecule has 154 valence electrons. The van der Waals surface area contributed by atoms with Crippen molar-refractivity contribution in [3.8, 4) is 11.5 Å². The average molecular weight is 398 g/mol. The summed E-state index contributed by atoms with van der Waals surface area (Å²) >= 11 is 0. The van der Waals surface area contributed by atoms with Gasteiger partial charge in [-0.25, -0.2) is 4.39 Å². The molecule has 0 N–H and O–H groups in total. The maximum Gasteiger partial charge on any atom is 0.237 e. The molecule has 0 saturated carbocycles. The van der Waals surface area contributed by atoms with Crippen LogP contribution in [0, 0.1) is 5.82 Å². The summed E-state index contributed by atoms with van der Waals surface area (Å²) in [7, 11) is 3.26. The Morgan fingerprint density at radius 1 is 1.03 bits per heavy atom. The van der Waals surface area contributed by atoms with Gasteiger partial charge in [0.1, 0.15) is 17.3 Å². The Balaban J connectivity index is 1.48. The number of hydrogen-bond donors (Lipinski definition) is 0. The van der Waals surface area contributed by atoms with Crippen LogP contribution < -0.4 is 9.47 Å². The van der Waals surface area contributed by atoms with E-state index in [-0.39, 0.29) is 23.8 Å². The third kappa shape index (κ3) is 3.81. The molecule has 6 heteroatoms. The normalized spacial score (nSPS) is 21.7. The van der Waals surface area contributed by atoms with Crippen LogP contribution in [-0.2, 0) is 4.79 Å². The van der Waals surface area contributed by atoms with E-state index < -0.39 is 0 Å². The molecule has 2 fully saturated rings. The van der Waals surface area contributed by atoms with E-state index in [1.807, 2.05) is 35.2 Å². The van der Waals surface area contributed by atoms with Gasteiger partial charge in [-0.1, -0.05) is 18.2 Å². The standard InChI is InChI=1S/C23H27FN2O3/c1-28-16-9-10-18(22(14-16)29-2)21-8-5-12-26(21)23(27)15-25-13-11-20(25)17-6-3-4-7-19(17)24/h3-4,6-7,9-10,14,20-21H,5,8,11-13,15H2,1-2H3. The summed E-state index contributed by atoms with van der Waals surface area (Å²) in [6, 6.07) is 12.6. The Kier molecular flexibility index (Phi) is 5.72. The Morgan fingerprint density at radius 2 is 1.86 bits per heavy atom. The minimum Gasteiger partial charge on any atom is -0.497 e. The second-order valence-corrected chi connectivity index (χ2v) is 7.65. The summed E-state index contributed by atoms with van der Waals surface area (Å²) in [6.07, 6.45) is 2.75. The Morgan fingerprint density at radius 3 is 2.55 bits per heavy atom. The minimum atomic E-state index is -0.198. The quantitative estimate of drug-likeness (QED) is 0.739. The molecule has 2 aliphatic heterocycles. The smallest absolute Gasteiger partial charge is 0.237 e. The van der Waals surface area contributed by atoms with Gasteiger partial charge in [-0.2, -0.15) is 0 Å². The molecule has 2 saturated heterocycles. The lowest BCUT2D eigenvalue weighted by Gasteiger charge is -2.42. The third-order valence-corrected chi connectivity index (χ3v) is 6.11. The topological polar surface area (TPSA) is 42.0 Å². The van der Waals surface area contributed by atoms with E-state index >= 15 is 0 Å². The van der Waals surface area contributed by atoms with E-state index in [9.17, 15) is 9.18 Å². The molecular weight excluding hydrogens is 371 g/mol. The number of carbonyl (C=O) groups is 1. The molecule has 0 aliphatic carbocycles. The lowest BCUT2D eigenvalue weighted by atomic mass is 9.94. The zero-order chi connectivity index (χ0) is 20.4. The number of ether oxygens (including phenoxy) is 2. The van der Waals surface area contributed by atoms with Gasteiger partial charge < -0.3 is 14.4 Å². The molecule has 0 aromatic heterocycles. The Hall–Kier alpha value is -2.60. The molecule has 0 spiro atoms. The molecule has 2 heterocycles. The number of carbonyl (C=O) groups excluding carboxylic acids is 1. The second kappa shape index (κ2) is 8.41. The highest BCUT2D eigenvalue weighted by Crippen LogP contribution is 2.40. The van der Waals surface area contributed by atoms with Crippen molar-refractivity contribution in [1.82, 2.24) is 9.80 Å². The summed E-state index contributed by atoms with van der Waals surface area (Å²) in [4.78, 5) is 17.2. The predicted molar refractivity (Wildman–Crippen MR) is 109 cm³/mol. The summed E-state index contributed by atoms with van der Waals surface area (Å²) < 4.78 is 25.0. The first kappa shape index (κ1) is 19.7. The molecule has 29 heavy (non-hydrogen) atoms. The predicted octanol–water partition coefficient (Wildman–Crippen LogP) is 3.95. The van der Waals surface area contributed by atoms with Gasteiger partial charge in [0.05, 0.1) is 26.8 Å². The maximum atomic E-state index is 14.2. The fourth-order valence-corrected chi connectivity index (χ4v) is 4.47. The van der Waals surface area contributed by atoms with E-state index in [0.29, 0.717) is 12.1 Å². The highest BCUT2D eigenvalue weighted by Gasteiger charge is 2.37. The van der Waals surface area contributed by atoms with Crippen LogP contribution in [0.4, 0.5) is 4.39 Å². The second-order valence-electron chi connectivity index (χ2n) is 7.65. The van der Waals surface area contributed by atoms with Crippen LogP contribution >= 0.6 is 0 Å². The highest BCUT2D eigenvalue weighted by atomic mass is 19.1. The van der Waals surface area contributed by atoms with Crippen molar-refractivity contribution in [2.45, 2.75) is 31.3 Å². The van der Waals surface area contributed by atoms with E-state index in [4.69, 9.17) is 9.47 Å². The first-order valence-electron chi connectivity index (χ1n) is 10.1. The van der Waals surface area contributed by atoms with Crippen molar-refractivity contribution in [2.75, 3.05) is 33.9 Å². The zero-order valence-corrected chi connectivity index (χ0v) is 16.9. The van der Waals surface area contributed by atoms with Gasteiger partial charge in [0.2, 0.25) is 5.91 Å². The fourth-order valence-electron chi connectivity index (χ4n) is 4.47. The van der Waals surface area contributed by atoms with Crippen molar-refractivity contribution in [2.24, 2.45) is 0 Å². The first-order valence-corrected chi connectivity index (χ1v) is 10.1. The van der Waals surface area contributed by atoms with Crippen molar-refractivity contribution >= 4 is 5.91 Å². The maximum absolute atomic E-state index is 14.2. The Labute approximate surface area is 171 Å². The van der Waals surface area contributed by atoms with Crippen LogP contribution in [0.3, 0.4) is 0 Å². The van der Waals surface area contributed by atoms with Gasteiger partial charge in [0, 0.05) is 36.3 Å². The van der Waals surface area contributed by atoms with Crippen molar-refractivity contribution in [3.63, 3.8) is 0 Å². The summed E-state index contributed by atoms with van der Waals surface area (Å²) in [5, 5.41) is 0. The van der Waals surface area contributed by atoms with Gasteiger partial charge in [0.15, 0.2) is 0 Å². The molecule has 2 aliphatic rings. The number of likely N-dealkylation sites (tertiary alicyclic amines) is 2. The molecule has 0 radical (unpaired) electrons. The van der Waals surface area contributed by atoms with Gasteiger partial charge >= 0.3 is 0 Å². The van der Waals surface area contributed by atoms with Gasteiger partial charge in [-0.15, -0.1) is 0 Å². The van der Waals surface area contributed by atoms with E-state index in [1.54, 1.807) is 20.3 Å². The summed E-state index contributed by atoms with van der Waals surface area (Å²) in [5.74, 6) is 1.36. The lowest BCUT2D eigenvalue weighted by molar-refractivity contribution is -0.135. The molecule has 2 aromatic rings. The van der Waals surface area contributed by atoms with Crippen molar-refractivity contribution < 1.29 is 18.7 Å². The molecule has 2 unspecified atom stereocenters. The van der Waals surface area contributed by atoms with Crippen LogP contribution in [0.2, 0.25) is 0 Å².